The molecule has 0 bridgehead atoms. The molecule has 0 saturated heterocycles. The molecule has 0 N–H and O–H groups in total. The van der Waals surface area contributed by atoms with Gasteiger partial charge in [0.1, 0.15) is 6.54 Å². The van der Waals surface area contributed by atoms with Crippen LogP contribution in [0.1, 0.15) is 24.5 Å². The number of nitrogens with zero attached hydrogens (tertiary/aromatic N) is 3. The van der Waals surface area contributed by atoms with Gasteiger partial charge in [-0.05, 0) is 12.5 Å². The Kier molecular flexibility index (Phi) is 4.37. The van der Waals surface area contributed by atoms with E-state index in [1.807, 2.05) is 37.3 Å². The molecule has 0 spiro atoms. The number of aliphatic imine (C=N–C) groups is 1. The highest BCUT2D eigenvalue weighted by Crippen LogP contribution is 2.30. The van der Waals surface area contributed by atoms with Crippen LogP contribution >= 0.6 is 0 Å². The Labute approximate surface area is 139 Å². The van der Waals surface area contributed by atoms with Crippen LogP contribution in [0.3, 0.4) is 0 Å². The highest BCUT2D eigenvalue weighted by Gasteiger charge is 2.26. The van der Waals surface area contributed by atoms with E-state index < -0.39 is 4.92 Å². The third kappa shape index (κ3) is 2.90. The van der Waals surface area contributed by atoms with Crippen molar-refractivity contribution in [3.05, 3.63) is 69.8 Å². The first-order valence-electron chi connectivity index (χ1n) is 7.81. The molecule has 0 unspecified atom stereocenters. The van der Waals surface area contributed by atoms with E-state index in [4.69, 9.17) is 0 Å². The van der Waals surface area contributed by atoms with Crippen molar-refractivity contribution in [2.45, 2.75) is 13.3 Å². The van der Waals surface area contributed by atoms with Crippen molar-refractivity contribution < 1.29 is 9.72 Å². The van der Waals surface area contributed by atoms with Gasteiger partial charge < -0.3 is 4.90 Å². The second kappa shape index (κ2) is 6.62. The molecule has 6 heteroatoms. The van der Waals surface area contributed by atoms with Crippen molar-refractivity contribution in [2.24, 2.45) is 4.99 Å². The molecule has 1 amide bonds. The monoisotopic (exact) mass is 323 g/mol. The van der Waals surface area contributed by atoms with Gasteiger partial charge in [0.15, 0.2) is 0 Å². The average Bonchev–Trinajstić information content (AvgIpc) is 2.73. The molecule has 1 aliphatic rings. The number of nitro benzene ring substituents is 1. The van der Waals surface area contributed by atoms with Gasteiger partial charge in [-0.25, -0.2) is 0 Å². The second-order valence-electron chi connectivity index (χ2n) is 5.53. The quantitative estimate of drug-likeness (QED) is 0.640. The largest absolute Gasteiger partial charge is 0.310 e. The van der Waals surface area contributed by atoms with Gasteiger partial charge in [-0.15, -0.1) is 0 Å². The van der Waals surface area contributed by atoms with Crippen LogP contribution in [0, 0.1) is 10.1 Å². The third-order valence-electron chi connectivity index (χ3n) is 3.90. The molecule has 0 aliphatic carbocycles. The Morgan fingerprint density at radius 2 is 1.96 bits per heavy atom. The standard InChI is InChI=1S/C18H17N3O3/c1-2-10-20-16-9-8-14(21(23)24)11-15(16)18(19-12-17(20)22)13-6-4-3-5-7-13/h3-9,11H,2,10,12H2,1H3. The van der Waals surface area contributed by atoms with Crippen LogP contribution in [-0.2, 0) is 4.79 Å². The van der Waals surface area contributed by atoms with E-state index in [0.717, 1.165) is 12.0 Å². The molecule has 0 saturated carbocycles. The van der Waals surface area contributed by atoms with E-state index in [9.17, 15) is 14.9 Å². The summed E-state index contributed by atoms with van der Waals surface area (Å²) in [6.45, 7) is 2.58. The zero-order valence-corrected chi connectivity index (χ0v) is 13.3. The third-order valence-corrected chi connectivity index (χ3v) is 3.90. The number of nitro groups is 1. The first-order chi connectivity index (χ1) is 11.6. The van der Waals surface area contributed by atoms with Crippen molar-refractivity contribution in [1.82, 2.24) is 0 Å². The number of non-ortho nitro benzene ring substituents is 1. The summed E-state index contributed by atoms with van der Waals surface area (Å²) >= 11 is 0. The normalized spacial score (nSPS) is 14.0. The Bertz CT molecular complexity index is 816. The molecular weight excluding hydrogens is 306 g/mol. The van der Waals surface area contributed by atoms with E-state index in [-0.39, 0.29) is 18.1 Å². The maximum absolute atomic E-state index is 12.4. The van der Waals surface area contributed by atoms with Crippen LogP contribution in [0.4, 0.5) is 11.4 Å². The first-order valence-corrected chi connectivity index (χ1v) is 7.81. The van der Waals surface area contributed by atoms with Gasteiger partial charge in [-0.1, -0.05) is 37.3 Å². The molecular formula is C18H17N3O3. The lowest BCUT2D eigenvalue weighted by molar-refractivity contribution is -0.384. The summed E-state index contributed by atoms with van der Waals surface area (Å²) in [6.07, 6.45) is 0.794. The number of benzodiazepines with no additional fused rings is 1. The fourth-order valence-corrected chi connectivity index (χ4v) is 2.83. The van der Waals surface area contributed by atoms with Crippen LogP contribution < -0.4 is 4.90 Å². The minimum Gasteiger partial charge on any atom is -0.310 e. The van der Waals surface area contributed by atoms with Gasteiger partial charge in [-0.3, -0.25) is 19.9 Å². The molecule has 1 aliphatic heterocycles. The maximum atomic E-state index is 12.4. The van der Waals surface area contributed by atoms with Crippen molar-refractivity contribution in [1.29, 1.82) is 0 Å². The van der Waals surface area contributed by atoms with E-state index in [1.54, 1.807) is 11.0 Å². The topological polar surface area (TPSA) is 75.8 Å². The highest BCUT2D eigenvalue weighted by molar-refractivity contribution is 6.19. The summed E-state index contributed by atoms with van der Waals surface area (Å²) in [6, 6.07) is 14.0. The summed E-state index contributed by atoms with van der Waals surface area (Å²) < 4.78 is 0. The summed E-state index contributed by atoms with van der Waals surface area (Å²) in [5.74, 6) is -0.0992. The second-order valence-corrected chi connectivity index (χ2v) is 5.53. The molecule has 2 aromatic rings. The Balaban J connectivity index is 2.21. The Morgan fingerprint density at radius 1 is 1.21 bits per heavy atom. The first kappa shape index (κ1) is 15.9. The SMILES string of the molecule is CCCN1C(=O)CN=C(c2ccccc2)c2cc([N+](=O)[O-])ccc21. The number of carbonyl (C=O) groups excluding carboxylic acids is 1. The van der Waals surface area contributed by atoms with Crippen LogP contribution in [0.5, 0.6) is 0 Å². The average molecular weight is 323 g/mol. The predicted molar refractivity (Wildman–Crippen MR) is 92.7 cm³/mol. The van der Waals surface area contributed by atoms with E-state index in [0.29, 0.717) is 23.5 Å². The summed E-state index contributed by atoms with van der Waals surface area (Å²) in [4.78, 5) is 29.3. The highest BCUT2D eigenvalue weighted by atomic mass is 16.6. The zero-order chi connectivity index (χ0) is 17.1. The lowest BCUT2D eigenvalue weighted by Gasteiger charge is -2.22. The summed E-state index contributed by atoms with van der Waals surface area (Å²) in [5, 5.41) is 11.2. The number of benzene rings is 2. The number of rotatable bonds is 4. The molecule has 0 radical (unpaired) electrons. The van der Waals surface area contributed by atoms with Crippen molar-refractivity contribution in [3.8, 4) is 0 Å². The van der Waals surface area contributed by atoms with E-state index in [1.165, 1.54) is 12.1 Å². The van der Waals surface area contributed by atoms with Crippen LogP contribution in [0.15, 0.2) is 53.5 Å². The Hall–Kier alpha value is -3.02. The van der Waals surface area contributed by atoms with Gasteiger partial charge in [0, 0.05) is 29.8 Å². The fraction of sp³-hybridized carbons (Fsp3) is 0.222. The van der Waals surface area contributed by atoms with Crippen LogP contribution in [-0.4, -0.2) is 29.6 Å². The minimum atomic E-state index is -0.431. The molecule has 1 heterocycles. The van der Waals surface area contributed by atoms with Gasteiger partial charge in [0.25, 0.3) is 5.69 Å². The fourth-order valence-electron chi connectivity index (χ4n) is 2.83. The van der Waals surface area contributed by atoms with Crippen LogP contribution in [0.25, 0.3) is 0 Å². The molecule has 0 fully saturated rings. The Morgan fingerprint density at radius 3 is 2.62 bits per heavy atom. The number of hydrogen-bond donors (Lipinski definition) is 0. The summed E-state index contributed by atoms with van der Waals surface area (Å²) in [7, 11) is 0. The number of amides is 1. The van der Waals surface area contributed by atoms with Crippen molar-refractivity contribution >= 4 is 23.0 Å². The smallest absolute Gasteiger partial charge is 0.270 e. The lowest BCUT2D eigenvalue weighted by Crippen LogP contribution is -2.33. The molecule has 3 rings (SSSR count). The van der Waals surface area contributed by atoms with Crippen molar-refractivity contribution in [2.75, 3.05) is 18.0 Å². The van der Waals surface area contributed by atoms with Gasteiger partial charge >= 0.3 is 0 Å². The minimum absolute atomic E-state index is 0.0109. The molecule has 6 nitrogen and oxygen atoms in total. The van der Waals surface area contributed by atoms with Gasteiger partial charge in [0.2, 0.25) is 5.91 Å². The zero-order valence-electron chi connectivity index (χ0n) is 13.3. The summed E-state index contributed by atoms with van der Waals surface area (Å²) in [5.41, 5.74) is 2.73. The number of carbonyl (C=O) groups is 1. The number of hydrogen-bond acceptors (Lipinski definition) is 4. The number of fused-ring (bicyclic) bond motifs is 1. The van der Waals surface area contributed by atoms with E-state index in [2.05, 4.69) is 4.99 Å². The molecule has 0 atom stereocenters. The van der Waals surface area contributed by atoms with Gasteiger partial charge in [-0.2, -0.15) is 0 Å². The van der Waals surface area contributed by atoms with Crippen molar-refractivity contribution in [3.63, 3.8) is 0 Å². The van der Waals surface area contributed by atoms with Gasteiger partial charge in [0.05, 0.1) is 16.3 Å². The van der Waals surface area contributed by atoms with Crippen LogP contribution in [0.2, 0.25) is 0 Å². The predicted octanol–water partition coefficient (Wildman–Crippen LogP) is 3.19. The lowest BCUT2D eigenvalue weighted by atomic mass is 9.99. The molecule has 0 aromatic heterocycles. The molecule has 24 heavy (non-hydrogen) atoms. The number of anilines is 1. The molecule has 2 aromatic carbocycles. The molecule has 122 valence electrons. The maximum Gasteiger partial charge on any atom is 0.270 e. The van der Waals surface area contributed by atoms with E-state index >= 15 is 0 Å².